The van der Waals surface area contributed by atoms with Crippen molar-refractivity contribution < 1.29 is 9.59 Å². The Kier molecular flexibility index (Phi) is 4.85. The molecule has 0 N–H and O–H groups in total. The van der Waals surface area contributed by atoms with Gasteiger partial charge in [0, 0.05) is 49.8 Å². The maximum Gasteiger partial charge on any atom is 0.254 e. The van der Waals surface area contributed by atoms with Gasteiger partial charge in [-0.15, -0.1) is 0 Å². The number of carbonyl (C=O) groups is 2. The third-order valence-corrected chi connectivity index (χ3v) is 5.60. The lowest BCUT2D eigenvalue weighted by molar-refractivity contribution is 0.0595. The number of carbonyl (C=O) groups excluding carboxylic acids is 2. The molecule has 1 amide bonds. The lowest BCUT2D eigenvalue weighted by Gasteiger charge is -2.36. The summed E-state index contributed by atoms with van der Waals surface area (Å²) in [7, 11) is 0. The van der Waals surface area contributed by atoms with Crippen molar-refractivity contribution in [2.75, 3.05) is 19.6 Å². The van der Waals surface area contributed by atoms with Gasteiger partial charge >= 0.3 is 0 Å². The van der Waals surface area contributed by atoms with Crippen molar-refractivity contribution >= 4 is 11.7 Å². The van der Waals surface area contributed by atoms with Crippen LogP contribution in [-0.4, -0.2) is 47.2 Å². The minimum Gasteiger partial charge on any atom is -0.331 e. The monoisotopic (exact) mass is 348 g/mol. The van der Waals surface area contributed by atoms with Gasteiger partial charge in [-0.1, -0.05) is 48.5 Å². The summed E-state index contributed by atoms with van der Waals surface area (Å²) in [6.07, 6.45) is 2.53. The van der Waals surface area contributed by atoms with E-state index in [1.165, 1.54) is 0 Å². The molecular weight excluding hydrogens is 324 g/mol. The van der Waals surface area contributed by atoms with Crippen LogP contribution >= 0.6 is 0 Å². The highest BCUT2D eigenvalue weighted by molar-refractivity contribution is 5.98. The van der Waals surface area contributed by atoms with E-state index in [9.17, 15) is 9.59 Å². The molecule has 0 bridgehead atoms. The van der Waals surface area contributed by atoms with E-state index in [0.29, 0.717) is 12.5 Å². The van der Waals surface area contributed by atoms with Crippen LogP contribution in [0.25, 0.3) is 0 Å². The number of nitrogens with zero attached hydrogens (tertiary/aromatic N) is 2. The summed E-state index contributed by atoms with van der Waals surface area (Å²) in [6, 6.07) is 17.7. The van der Waals surface area contributed by atoms with Gasteiger partial charge in [0.1, 0.15) is 0 Å². The molecule has 134 valence electrons. The molecule has 0 atom stereocenters. The Bertz CT molecular complexity index is 795. The molecular formula is C22H24N2O2. The lowest BCUT2D eigenvalue weighted by atomic mass is 10.0. The molecule has 4 heteroatoms. The number of rotatable bonds is 5. The second-order valence-electron chi connectivity index (χ2n) is 7.20. The van der Waals surface area contributed by atoms with E-state index in [1.807, 2.05) is 53.4 Å². The van der Waals surface area contributed by atoms with Crippen LogP contribution in [0.3, 0.4) is 0 Å². The molecule has 1 fully saturated rings. The molecule has 2 aromatic carbocycles. The number of ketones is 1. The first-order valence-corrected chi connectivity index (χ1v) is 9.42. The minimum absolute atomic E-state index is 0.179. The molecule has 2 aliphatic rings. The predicted octanol–water partition coefficient (Wildman–Crippen LogP) is 3.38. The van der Waals surface area contributed by atoms with Crippen LogP contribution in [0.15, 0.2) is 54.6 Å². The smallest absolute Gasteiger partial charge is 0.254 e. The van der Waals surface area contributed by atoms with Gasteiger partial charge in [-0.3, -0.25) is 9.59 Å². The normalized spacial score (nSPS) is 18.2. The van der Waals surface area contributed by atoms with Crippen LogP contribution in [0, 0.1) is 0 Å². The highest BCUT2D eigenvalue weighted by Crippen LogP contribution is 2.28. The zero-order chi connectivity index (χ0) is 17.9. The Balaban J connectivity index is 1.27. The molecule has 0 saturated carbocycles. The van der Waals surface area contributed by atoms with Gasteiger partial charge in [0.2, 0.25) is 0 Å². The van der Waals surface area contributed by atoms with Gasteiger partial charge in [-0.25, -0.2) is 0 Å². The van der Waals surface area contributed by atoms with E-state index >= 15 is 0 Å². The number of benzene rings is 2. The molecule has 2 aliphatic heterocycles. The number of Topliss-reactive ketones (excluding diaryl/α,β-unsaturated/α-hetero) is 1. The van der Waals surface area contributed by atoms with E-state index in [1.54, 1.807) is 0 Å². The quantitative estimate of drug-likeness (QED) is 0.778. The first-order chi connectivity index (χ1) is 12.7. The molecule has 0 unspecified atom stereocenters. The average Bonchev–Trinajstić information content (AvgIpc) is 3.04. The van der Waals surface area contributed by atoms with E-state index in [0.717, 1.165) is 55.7 Å². The lowest BCUT2D eigenvalue weighted by Crippen LogP contribution is -2.45. The van der Waals surface area contributed by atoms with Gasteiger partial charge in [0.05, 0.1) is 0 Å². The number of amides is 1. The molecule has 1 saturated heterocycles. The van der Waals surface area contributed by atoms with Crippen molar-refractivity contribution in [3.63, 3.8) is 0 Å². The van der Waals surface area contributed by atoms with Crippen LogP contribution in [0.1, 0.15) is 45.5 Å². The van der Waals surface area contributed by atoms with Gasteiger partial charge < -0.3 is 9.80 Å². The number of hydrogen-bond acceptors (Lipinski definition) is 3. The Morgan fingerprint density at radius 3 is 2.38 bits per heavy atom. The summed E-state index contributed by atoms with van der Waals surface area (Å²) >= 11 is 0. The summed E-state index contributed by atoms with van der Waals surface area (Å²) in [6.45, 7) is 3.44. The van der Waals surface area contributed by atoms with E-state index in [-0.39, 0.29) is 11.7 Å². The number of likely N-dealkylation sites (tertiary alicyclic amines) is 1. The Hall–Kier alpha value is -2.46. The van der Waals surface area contributed by atoms with Crippen LogP contribution in [0.4, 0.5) is 0 Å². The minimum atomic E-state index is 0.179. The molecule has 0 radical (unpaired) electrons. The SMILES string of the molecule is O=C(CCN1CCC(N2Cc3ccccc3C2=O)CC1)c1ccccc1. The Morgan fingerprint density at radius 2 is 1.65 bits per heavy atom. The molecule has 0 aliphatic carbocycles. The van der Waals surface area contributed by atoms with Crippen molar-refractivity contribution in [1.82, 2.24) is 9.80 Å². The largest absolute Gasteiger partial charge is 0.331 e. The fourth-order valence-electron chi connectivity index (χ4n) is 4.05. The zero-order valence-electron chi connectivity index (χ0n) is 14.9. The molecule has 0 aromatic heterocycles. The first-order valence-electron chi connectivity index (χ1n) is 9.42. The maximum absolute atomic E-state index is 12.6. The highest BCUT2D eigenvalue weighted by atomic mass is 16.2. The Morgan fingerprint density at radius 1 is 0.962 bits per heavy atom. The topological polar surface area (TPSA) is 40.6 Å². The van der Waals surface area contributed by atoms with Crippen molar-refractivity contribution in [2.24, 2.45) is 0 Å². The van der Waals surface area contributed by atoms with Gasteiger partial charge in [0.25, 0.3) is 5.91 Å². The predicted molar refractivity (Wildman–Crippen MR) is 101 cm³/mol. The third kappa shape index (κ3) is 3.42. The molecule has 2 heterocycles. The molecule has 4 rings (SSSR count). The standard InChI is InChI=1S/C22H24N2O2/c25-21(17-6-2-1-3-7-17)12-15-23-13-10-19(11-14-23)24-16-18-8-4-5-9-20(18)22(24)26/h1-9,19H,10-16H2. The van der Waals surface area contributed by atoms with E-state index in [4.69, 9.17) is 0 Å². The first kappa shape index (κ1) is 17.0. The van der Waals surface area contributed by atoms with Gasteiger partial charge in [-0.2, -0.15) is 0 Å². The van der Waals surface area contributed by atoms with Crippen LogP contribution in [-0.2, 0) is 6.54 Å². The summed E-state index contributed by atoms with van der Waals surface area (Å²) in [5.41, 5.74) is 2.81. The summed E-state index contributed by atoms with van der Waals surface area (Å²) < 4.78 is 0. The Labute approximate surface area is 154 Å². The molecule has 0 spiro atoms. The van der Waals surface area contributed by atoms with Crippen LogP contribution in [0.2, 0.25) is 0 Å². The fourth-order valence-corrected chi connectivity index (χ4v) is 4.05. The van der Waals surface area contributed by atoms with E-state index < -0.39 is 0 Å². The number of hydrogen-bond donors (Lipinski definition) is 0. The molecule has 2 aromatic rings. The summed E-state index contributed by atoms with van der Waals surface area (Å²) in [4.78, 5) is 29.3. The summed E-state index contributed by atoms with van der Waals surface area (Å²) in [5, 5.41) is 0. The van der Waals surface area contributed by atoms with Gasteiger partial charge in [-0.05, 0) is 24.5 Å². The average molecular weight is 348 g/mol. The summed E-state index contributed by atoms with van der Waals surface area (Å²) in [5.74, 6) is 0.385. The number of fused-ring (bicyclic) bond motifs is 1. The number of piperidine rings is 1. The van der Waals surface area contributed by atoms with Crippen molar-refractivity contribution in [3.8, 4) is 0 Å². The zero-order valence-corrected chi connectivity index (χ0v) is 14.9. The maximum atomic E-state index is 12.6. The second-order valence-corrected chi connectivity index (χ2v) is 7.20. The van der Waals surface area contributed by atoms with Gasteiger partial charge in [0.15, 0.2) is 5.78 Å². The highest BCUT2D eigenvalue weighted by Gasteiger charge is 2.34. The third-order valence-electron chi connectivity index (χ3n) is 5.60. The van der Waals surface area contributed by atoms with Crippen molar-refractivity contribution in [2.45, 2.75) is 31.8 Å². The van der Waals surface area contributed by atoms with Crippen LogP contribution < -0.4 is 0 Å². The van der Waals surface area contributed by atoms with Crippen LogP contribution in [0.5, 0.6) is 0 Å². The van der Waals surface area contributed by atoms with E-state index in [2.05, 4.69) is 11.0 Å². The fraction of sp³-hybridized carbons (Fsp3) is 0.364. The molecule has 26 heavy (non-hydrogen) atoms. The van der Waals surface area contributed by atoms with Crippen molar-refractivity contribution in [3.05, 3.63) is 71.3 Å². The second kappa shape index (κ2) is 7.42. The molecule has 4 nitrogen and oxygen atoms in total. The van der Waals surface area contributed by atoms with Crippen molar-refractivity contribution in [1.29, 1.82) is 0 Å².